The van der Waals surface area contributed by atoms with E-state index in [1.54, 1.807) is 12.3 Å². The quantitative estimate of drug-likeness (QED) is 0.409. The predicted molar refractivity (Wildman–Crippen MR) is 120 cm³/mol. The fourth-order valence-electron chi connectivity index (χ4n) is 2.58. The van der Waals surface area contributed by atoms with Crippen LogP contribution in [0, 0.1) is 0 Å². The molecule has 0 unspecified atom stereocenters. The summed E-state index contributed by atoms with van der Waals surface area (Å²) in [5.74, 6) is 0.828. The molecule has 0 radical (unpaired) electrons. The molecule has 0 fully saturated rings. The zero-order valence-corrected chi connectivity index (χ0v) is 18.3. The number of imidazole rings is 1. The highest BCUT2D eigenvalue weighted by Crippen LogP contribution is 2.23. The number of nitrogens with zero attached hydrogens (tertiary/aromatic N) is 2. The number of halogens is 4. The Balaban J connectivity index is 0.00000196. The lowest BCUT2D eigenvalue weighted by Crippen LogP contribution is -2.16. The van der Waals surface area contributed by atoms with E-state index in [-0.39, 0.29) is 24.8 Å². The average molecular weight is 463 g/mol. The van der Waals surface area contributed by atoms with E-state index in [0.29, 0.717) is 16.7 Å². The van der Waals surface area contributed by atoms with E-state index >= 15 is 0 Å². The first kappa shape index (κ1) is 24.6. The summed E-state index contributed by atoms with van der Waals surface area (Å²) in [6, 6.07) is 13.5. The highest BCUT2D eigenvalue weighted by molar-refractivity contribution is 6.35. The van der Waals surface area contributed by atoms with Crippen molar-refractivity contribution in [3.05, 3.63) is 82.4 Å². The van der Waals surface area contributed by atoms with Crippen molar-refractivity contribution in [1.82, 2.24) is 14.9 Å². The molecule has 3 aromatic rings. The molecule has 2 aromatic carbocycles. The van der Waals surface area contributed by atoms with Crippen molar-refractivity contribution in [2.75, 3.05) is 6.54 Å². The molecule has 1 heterocycles. The van der Waals surface area contributed by atoms with Gasteiger partial charge in [-0.3, -0.25) is 0 Å². The SMILES string of the molecule is Cl.Cl.Clc1ccc(COc2cccc(CNCCCn3ccnc3)c2)c(Cl)c1. The highest BCUT2D eigenvalue weighted by Gasteiger charge is 2.03. The van der Waals surface area contributed by atoms with E-state index in [4.69, 9.17) is 27.9 Å². The van der Waals surface area contributed by atoms with Crippen LogP contribution in [0.1, 0.15) is 17.5 Å². The topological polar surface area (TPSA) is 39.1 Å². The van der Waals surface area contributed by atoms with Crippen molar-refractivity contribution in [1.29, 1.82) is 0 Å². The van der Waals surface area contributed by atoms with Gasteiger partial charge in [0.05, 0.1) is 6.33 Å². The largest absolute Gasteiger partial charge is 0.489 e. The summed E-state index contributed by atoms with van der Waals surface area (Å²) in [6.07, 6.45) is 6.68. The first-order chi connectivity index (χ1) is 12.7. The van der Waals surface area contributed by atoms with E-state index in [9.17, 15) is 0 Å². The molecule has 0 aliphatic heterocycles. The van der Waals surface area contributed by atoms with Gasteiger partial charge in [0.2, 0.25) is 0 Å². The number of nitrogens with one attached hydrogen (secondary N) is 1. The van der Waals surface area contributed by atoms with Crippen molar-refractivity contribution in [2.24, 2.45) is 0 Å². The van der Waals surface area contributed by atoms with Crippen molar-refractivity contribution >= 4 is 48.0 Å². The van der Waals surface area contributed by atoms with Crippen molar-refractivity contribution in [3.63, 3.8) is 0 Å². The molecule has 0 aliphatic rings. The Morgan fingerprint density at radius 3 is 2.68 bits per heavy atom. The maximum atomic E-state index is 6.18. The number of ether oxygens (including phenoxy) is 1. The molecule has 0 amide bonds. The van der Waals surface area contributed by atoms with Gasteiger partial charge >= 0.3 is 0 Å². The molecule has 8 heteroatoms. The third kappa shape index (κ3) is 7.90. The standard InChI is InChI=1S/C20H21Cl2N3O.2ClH/c21-18-6-5-17(20(22)12-18)14-26-19-4-1-3-16(11-19)13-23-7-2-9-25-10-8-24-15-25;;/h1,3-6,8,10-12,15,23H,2,7,9,13-14H2;2*1H. The van der Waals surface area contributed by atoms with Gasteiger partial charge in [-0.05, 0) is 42.8 Å². The predicted octanol–water partition coefficient (Wildman–Crippen LogP) is 5.79. The van der Waals surface area contributed by atoms with Gasteiger partial charge in [0, 0.05) is 41.1 Å². The molecule has 0 atom stereocenters. The molecule has 4 nitrogen and oxygen atoms in total. The Morgan fingerprint density at radius 2 is 1.93 bits per heavy atom. The number of hydrogen-bond donors (Lipinski definition) is 1. The molecule has 0 saturated heterocycles. The second-order valence-electron chi connectivity index (χ2n) is 6.00. The van der Waals surface area contributed by atoms with Gasteiger partial charge in [-0.2, -0.15) is 0 Å². The number of rotatable bonds is 9. The van der Waals surface area contributed by atoms with Crippen LogP contribution in [0.15, 0.2) is 61.2 Å². The van der Waals surface area contributed by atoms with E-state index in [0.717, 1.165) is 37.4 Å². The number of aromatic nitrogens is 2. The lowest BCUT2D eigenvalue weighted by Gasteiger charge is -2.10. The summed E-state index contributed by atoms with van der Waals surface area (Å²) in [7, 11) is 0. The Hall–Kier alpha value is -1.43. The van der Waals surface area contributed by atoms with Crippen LogP contribution in [0.25, 0.3) is 0 Å². The molecule has 0 aliphatic carbocycles. The lowest BCUT2D eigenvalue weighted by atomic mass is 10.2. The van der Waals surface area contributed by atoms with Crippen LogP contribution < -0.4 is 10.1 Å². The zero-order valence-electron chi connectivity index (χ0n) is 15.2. The highest BCUT2D eigenvalue weighted by atomic mass is 35.5. The molecular weight excluding hydrogens is 440 g/mol. The monoisotopic (exact) mass is 461 g/mol. The van der Waals surface area contributed by atoms with Crippen molar-refractivity contribution in [2.45, 2.75) is 26.1 Å². The minimum Gasteiger partial charge on any atom is -0.489 e. The van der Waals surface area contributed by atoms with Crippen LogP contribution in [0.5, 0.6) is 5.75 Å². The van der Waals surface area contributed by atoms with Crippen LogP contribution >= 0.6 is 48.0 Å². The van der Waals surface area contributed by atoms with Gasteiger partial charge in [-0.1, -0.05) is 41.4 Å². The summed E-state index contributed by atoms with van der Waals surface area (Å²) in [5.41, 5.74) is 2.10. The Morgan fingerprint density at radius 1 is 1.07 bits per heavy atom. The van der Waals surface area contributed by atoms with Gasteiger partial charge in [0.1, 0.15) is 12.4 Å². The lowest BCUT2D eigenvalue weighted by molar-refractivity contribution is 0.306. The minimum atomic E-state index is 0. The van der Waals surface area contributed by atoms with Gasteiger partial charge in [-0.25, -0.2) is 4.98 Å². The molecule has 0 spiro atoms. The zero-order chi connectivity index (χ0) is 18.2. The van der Waals surface area contributed by atoms with E-state index in [1.807, 2.05) is 42.9 Å². The van der Waals surface area contributed by atoms with Crippen LogP contribution in [-0.2, 0) is 19.7 Å². The first-order valence-corrected chi connectivity index (χ1v) is 9.28. The Labute approximate surface area is 188 Å². The second kappa shape index (κ2) is 12.9. The van der Waals surface area contributed by atoms with Gasteiger partial charge in [-0.15, -0.1) is 24.8 Å². The van der Waals surface area contributed by atoms with Crippen molar-refractivity contribution < 1.29 is 4.74 Å². The molecule has 1 aromatic heterocycles. The molecule has 0 saturated carbocycles. The molecule has 152 valence electrons. The van der Waals surface area contributed by atoms with Crippen molar-refractivity contribution in [3.8, 4) is 5.75 Å². The molecule has 28 heavy (non-hydrogen) atoms. The number of benzene rings is 2. The third-order valence-electron chi connectivity index (χ3n) is 3.97. The number of hydrogen-bond acceptors (Lipinski definition) is 3. The van der Waals surface area contributed by atoms with E-state index < -0.39 is 0 Å². The van der Waals surface area contributed by atoms with Gasteiger partial charge in [0.15, 0.2) is 0 Å². The van der Waals surface area contributed by atoms with Crippen LogP contribution in [-0.4, -0.2) is 16.1 Å². The average Bonchev–Trinajstić information content (AvgIpc) is 3.14. The van der Waals surface area contributed by atoms with Crippen LogP contribution in [0.3, 0.4) is 0 Å². The normalized spacial score (nSPS) is 10.1. The van der Waals surface area contributed by atoms with Gasteiger partial charge < -0.3 is 14.6 Å². The molecule has 1 N–H and O–H groups in total. The maximum absolute atomic E-state index is 6.18. The Bertz CT molecular complexity index is 828. The van der Waals surface area contributed by atoms with E-state index in [2.05, 4.69) is 20.9 Å². The summed E-state index contributed by atoms with van der Waals surface area (Å²) in [5, 5.41) is 4.70. The Kier molecular flexibility index (Phi) is 11.4. The minimum absolute atomic E-state index is 0. The van der Waals surface area contributed by atoms with E-state index in [1.165, 1.54) is 5.56 Å². The second-order valence-corrected chi connectivity index (χ2v) is 6.85. The summed E-state index contributed by atoms with van der Waals surface area (Å²) in [6.45, 7) is 3.14. The van der Waals surface area contributed by atoms with Crippen LogP contribution in [0.2, 0.25) is 10.0 Å². The van der Waals surface area contributed by atoms with Crippen LogP contribution in [0.4, 0.5) is 0 Å². The fraction of sp³-hybridized carbons (Fsp3) is 0.250. The summed E-state index contributed by atoms with van der Waals surface area (Å²) >= 11 is 12.1. The fourth-order valence-corrected chi connectivity index (χ4v) is 3.05. The maximum Gasteiger partial charge on any atom is 0.120 e. The molecule has 3 rings (SSSR count). The number of aryl methyl sites for hydroxylation is 1. The summed E-state index contributed by atoms with van der Waals surface area (Å²) < 4.78 is 7.95. The third-order valence-corrected chi connectivity index (χ3v) is 4.55. The summed E-state index contributed by atoms with van der Waals surface area (Å²) in [4.78, 5) is 4.04. The molecule has 0 bridgehead atoms. The first-order valence-electron chi connectivity index (χ1n) is 8.53. The van der Waals surface area contributed by atoms with Gasteiger partial charge in [0.25, 0.3) is 0 Å². The smallest absolute Gasteiger partial charge is 0.120 e. The molecular formula is C20H23Cl4N3O.